The summed E-state index contributed by atoms with van der Waals surface area (Å²) in [6, 6.07) is 3.38. The highest BCUT2D eigenvalue weighted by Gasteiger charge is 2.23. The van der Waals surface area contributed by atoms with Gasteiger partial charge in [0.25, 0.3) is 0 Å². The Bertz CT molecular complexity index is 393. The van der Waals surface area contributed by atoms with E-state index in [1.807, 2.05) is 0 Å². The molecule has 0 radical (unpaired) electrons. The van der Waals surface area contributed by atoms with Gasteiger partial charge in [0.2, 0.25) is 0 Å². The maximum atomic E-state index is 13.7. The van der Waals surface area contributed by atoms with E-state index in [-0.39, 0.29) is 11.0 Å². The first-order valence-corrected chi connectivity index (χ1v) is 6.64. The summed E-state index contributed by atoms with van der Waals surface area (Å²) in [6.07, 6.45) is 1.58. The van der Waals surface area contributed by atoms with Crippen molar-refractivity contribution in [1.82, 2.24) is 5.43 Å². The normalized spacial score (nSPS) is 15.3. The fourth-order valence-electron chi connectivity index (χ4n) is 2.64. The molecule has 1 aromatic rings. The lowest BCUT2D eigenvalue weighted by Gasteiger charge is -2.27. The van der Waals surface area contributed by atoms with Crippen LogP contribution in [0.4, 0.5) is 8.78 Å². The minimum atomic E-state index is -0.550. The predicted octanol–water partition coefficient (Wildman–Crippen LogP) is 3.93. The minimum absolute atomic E-state index is 0.0331. The molecule has 0 heterocycles. The Morgan fingerprint density at radius 3 is 2.16 bits per heavy atom. The van der Waals surface area contributed by atoms with Crippen molar-refractivity contribution in [2.75, 3.05) is 0 Å². The molecule has 0 saturated heterocycles. The largest absolute Gasteiger partial charge is 0.271 e. The number of hydrazine groups is 1. The molecule has 0 aliphatic carbocycles. The van der Waals surface area contributed by atoms with Gasteiger partial charge in [0.05, 0.1) is 6.04 Å². The number of hydrogen-bond donors (Lipinski definition) is 2. The van der Waals surface area contributed by atoms with E-state index >= 15 is 0 Å². The lowest BCUT2D eigenvalue weighted by molar-refractivity contribution is 0.272. The molecule has 4 heteroatoms. The van der Waals surface area contributed by atoms with Gasteiger partial charge in [-0.05, 0) is 36.3 Å². The van der Waals surface area contributed by atoms with Crippen molar-refractivity contribution in [2.24, 2.45) is 17.2 Å². The van der Waals surface area contributed by atoms with E-state index in [0.717, 1.165) is 6.42 Å². The van der Waals surface area contributed by atoms with Crippen molar-refractivity contribution >= 4 is 0 Å². The summed E-state index contributed by atoms with van der Waals surface area (Å²) in [7, 11) is 0. The maximum absolute atomic E-state index is 13.7. The monoisotopic (exact) mass is 270 g/mol. The number of benzene rings is 1. The minimum Gasteiger partial charge on any atom is -0.271 e. The topological polar surface area (TPSA) is 38.0 Å². The molecule has 1 aromatic carbocycles. The third-order valence-corrected chi connectivity index (χ3v) is 3.15. The van der Waals surface area contributed by atoms with E-state index in [1.54, 1.807) is 0 Å². The van der Waals surface area contributed by atoms with Crippen LogP contribution < -0.4 is 11.3 Å². The van der Waals surface area contributed by atoms with E-state index < -0.39 is 17.7 Å². The number of nitrogens with two attached hydrogens (primary N) is 1. The zero-order valence-corrected chi connectivity index (χ0v) is 12.1. The lowest BCUT2D eigenvalue weighted by atomic mass is 9.82. The maximum Gasteiger partial charge on any atom is 0.130 e. The average Bonchev–Trinajstić information content (AvgIpc) is 2.24. The Morgan fingerprint density at radius 1 is 1.21 bits per heavy atom. The molecular weight excluding hydrogens is 246 g/mol. The molecule has 0 aliphatic rings. The van der Waals surface area contributed by atoms with Gasteiger partial charge >= 0.3 is 0 Å². The van der Waals surface area contributed by atoms with E-state index in [2.05, 4.69) is 33.1 Å². The zero-order chi connectivity index (χ0) is 14.6. The van der Waals surface area contributed by atoms with Crippen molar-refractivity contribution < 1.29 is 8.78 Å². The van der Waals surface area contributed by atoms with Crippen LogP contribution in [0.15, 0.2) is 18.2 Å². The summed E-state index contributed by atoms with van der Waals surface area (Å²) in [5.41, 5.74) is 2.76. The summed E-state index contributed by atoms with van der Waals surface area (Å²) < 4.78 is 27.5. The highest BCUT2D eigenvalue weighted by atomic mass is 19.1. The van der Waals surface area contributed by atoms with E-state index in [0.29, 0.717) is 12.3 Å². The molecule has 0 amide bonds. The number of halogens is 2. The second-order valence-electron chi connectivity index (χ2n) is 6.46. The fourth-order valence-corrected chi connectivity index (χ4v) is 2.64. The van der Waals surface area contributed by atoms with Crippen LogP contribution in [-0.4, -0.2) is 0 Å². The van der Waals surface area contributed by atoms with Crippen molar-refractivity contribution in [3.63, 3.8) is 0 Å². The quantitative estimate of drug-likeness (QED) is 0.628. The van der Waals surface area contributed by atoms with Crippen LogP contribution in [0.1, 0.15) is 52.1 Å². The number of hydrogen-bond acceptors (Lipinski definition) is 2. The van der Waals surface area contributed by atoms with Crippen molar-refractivity contribution in [3.8, 4) is 0 Å². The molecule has 2 atom stereocenters. The Balaban J connectivity index is 2.84. The zero-order valence-electron chi connectivity index (χ0n) is 12.1. The molecule has 0 saturated carbocycles. The van der Waals surface area contributed by atoms with E-state index in [9.17, 15) is 8.78 Å². The summed E-state index contributed by atoms with van der Waals surface area (Å²) in [6.45, 7) is 8.53. The van der Waals surface area contributed by atoms with Crippen LogP contribution in [0, 0.1) is 23.0 Å². The number of rotatable bonds is 5. The molecule has 0 spiro atoms. The van der Waals surface area contributed by atoms with Crippen LogP contribution in [0.5, 0.6) is 0 Å². The standard InChI is InChI=1S/C15H24F2N2/c1-10(9-15(2,3)4)8-13(19-18)14-11(16)6-5-7-12(14)17/h5-7,10,13,19H,8-9,18H2,1-4H3. The smallest absolute Gasteiger partial charge is 0.130 e. The van der Waals surface area contributed by atoms with Gasteiger partial charge in [-0.2, -0.15) is 0 Å². The first-order chi connectivity index (χ1) is 8.74. The van der Waals surface area contributed by atoms with E-state index in [4.69, 9.17) is 5.84 Å². The van der Waals surface area contributed by atoms with Gasteiger partial charge in [-0.15, -0.1) is 0 Å². The van der Waals surface area contributed by atoms with Crippen LogP contribution >= 0.6 is 0 Å². The van der Waals surface area contributed by atoms with Gasteiger partial charge in [0, 0.05) is 5.56 Å². The molecule has 19 heavy (non-hydrogen) atoms. The van der Waals surface area contributed by atoms with Crippen LogP contribution in [0.3, 0.4) is 0 Å². The SMILES string of the molecule is CC(CC(NN)c1c(F)cccc1F)CC(C)(C)C. The molecule has 1 rings (SSSR count). The Morgan fingerprint density at radius 2 is 1.74 bits per heavy atom. The lowest BCUT2D eigenvalue weighted by Crippen LogP contribution is -2.31. The molecule has 0 fully saturated rings. The van der Waals surface area contributed by atoms with Crippen LogP contribution in [-0.2, 0) is 0 Å². The Labute approximate surface area is 114 Å². The summed E-state index contributed by atoms with van der Waals surface area (Å²) >= 11 is 0. The second kappa shape index (κ2) is 6.44. The fraction of sp³-hybridized carbons (Fsp3) is 0.600. The Kier molecular flexibility index (Phi) is 5.44. The van der Waals surface area contributed by atoms with Gasteiger partial charge in [0.15, 0.2) is 0 Å². The molecule has 0 aromatic heterocycles. The molecule has 108 valence electrons. The third kappa shape index (κ3) is 4.88. The van der Waals surface area contributed by atoms with Gasteiger partial charge in [-0.3, -0.25) is 11.3 Å². The molecule has 3 N–H and O–H groups in total. The molecule has 0 bridgehead atoms. The van der Waals surface area contributed by atoms with Crippen molar-refractivity contribution in [2.45, 2.75) is 46.6 Å². The summed E-state index contributed by atoms with van der Waals surface area (Å²) in [5, 5.41) is 0. The van der Waals surface area contributed by atoms with Crippen molar-refractivity contribution in [3.05, 3.63) is 35.4 Å². The average molecular weight is 270 g/mol. The van der Waals surface area contributed by atoms with Gasteiger partial charge in [0.1, 0.15) is 11.6 Å². The summed E-state index contributed by atoms with van der Waals surface area (Å²) in [5.74, 6) is 4.69. The highest BCUT2D eigenvalue weighted by molar-refractivity contribution is 5.23. The molecule has 0 aliphatic heterocycles. The second-order valence-corrected chi connectivity index (χ2v) is 6.46. The van der Waals surface area contributed by atoms with Gasteiger partial charge in [-0.1, -0.05) is 33.8 Å². The molecule has 2 nitrogen and oxygen atoms in total. The van der Waals surface area contributed by atoms with Crippen LogP contribution in [0.2, 0.25) is 0 Å². The highest BCUT2D eigenvalue weighted by Crippen LogP contribution is 2.31. The van der Waals surface area contributed by atoms with E-state index in [1.165, 1.54) is 18.2 Å². The third-order valence-electron chi connectivity index (χ3n) is 3.15. The first kappa shape index (κ1) is 16.1. The van der Waals surface area contributed by atoms with Gasteiger partial charge in [-0.25, -0.2) is 8.78 Å². The first-order valence-electron chi connectivity index (χ1n) is 6.64. The Hall–Kier alpha value is -1.00. The van der Waals surface area contributed by atoms with Crippen molar-refractivity contribution in [1.29, 1.82) is 0 Å². The molecule has 2 unspecified atom stereocenters. The summed E-state index contributed by atoms with van der Waals surface area (Å²) in [4.78, 5) is 0. The van der Waals surface area contributed by atoms with Crippen LogP contribution in [0.25, 0.3) is 0 Å². The molecular formula is C15H24F2N2. The van der Waals surface area contributed by atoms with Gasteiger partial charge < -0.3 is 0 Å². The number of nitrogens with one attached hydrogen (secondary N) is 1. The predicted molar refractivity (Wildman–Crippen MR) is 74.3 cm³/mol.